The van der Waals surface area contributed by atoms with Crippen molar-refractivity contribution in [3.63, 3.8) is 0 Å². The lowest BCUT2D eigenvalue weighted by atomic mass is 9.63. The summed E-state index contributed by atoms with van der Waals surface area (Å²) >= 11 is 0. The number of aromatic nitrogens is 1. The largest absolute Gasteiger partial charge is 0.358 e. The Hall–Kier alpha value is -2.07. The summed E-state index contributed by atoms with van der Waals surface area (Å²) < 4.78 is 0. The van der Waals surface area contributed by atoms with E-state index in [1.807, 2.05) is 0 Å². The molecule has 0 radical (unpaired) electrons. The first-order chi connectivity index (χ1) is 14.2. The van der Waals surface area contributed by atoms with Gasteiger partial charge in [0.15, 0.2) is 0 Å². The number of nitrogens with zero attached hydrogens (tertiary/aromatic N) is 1. The molecular formula is C25H33N3O. The van der Waals surface area contributed by atoms with Gasteiger partial charge in [0.1, 0.15) is 5.82 Å². The second-order valence-corrected chi connectivity index (χ2v) is 9.27. The standard InChI is InChI=1S/C25H33N3O/c26-14-10-18-9-11-25(22-8-4-3-6-20(18)22)12-15-28(16-13-25)23-17-19-5-1-2-7-21(19)24(29)27-23/h4,8-9,17H,1-3,5-7,10-16,26H2,(H,27,29). The van der Waals surface area contributed by atoms with Gasteiger partial charge in [-0.25, -0.2) is 0 Å². The molecule has 1 saturated heterocycles. The van der Waals surface area contributed by atoms with Gasteiger partial charge in [-0.15, -0.1) is 0 Å². The van der Waals surface area contributed by atoms with Crippen molar-refractivity contribution in [2.24, 2.45) is 11.1 Å². The summed E-state index contributed by atoms with van der Waals surface area (Å²) in [6, 6.07) is 2.26. The number of anilines is 1. The van der Waals surface area contributed by atoms with Crippen molar-refractivity contribution >= 4 is 5.82 Å². The predicted molar refractivity (Wildman–Crippen MR) is 119 cm³/mol. The van der Waals surface area contributed by atoms with Crippen molar-refractivity contribution in [2.75, 3.05) is 24.5 Å². The van der Waals surface area contributed by atoms with Crippen LogP contribution in [-0.4, -0.2) is 24.6 Å². The molecule has 154 valence electrons. The molecular weight excluding hydrogens is 358 g/mol. The fourth-order valence-corrected chi connectivity index (χ4v) is 6.01. The van der Waals surface area contributed by atoms with E-state index in [0.29, 0.717) is 0 Å². The summed E-state index contributed by atoms with van der Waals surface area (Å²) in [7, 11) is 0. The van der Waals surface area contributed by atoms with Crippen LogP contribution >= 0.6 is 0 Å². The molecule has 0 saturated carbocycles. The smallest absolute Gasteiger partial charge is 0.252 e. The van der Waals surface area contributed by atoms with Crippen LogP contribution in [0.5, 0.6) is 0 Å². The SMILES string of the molecule is NCCC1=CCC2(CCN(c3cc4c(c(=O)[nH]3)CCCC4)CC2)C2=C1CCC=C2. The van der Waals surface area contributed by atoms with E-state index in [1.54, 1.807) is 11.1 Å². The van der Waals surface area contributed by atoms with Gasteiger partial charge in [-0.1, -0.05) is 18.2 Å². The zero-order valence-corrected chi connectivity index (χ0v) is 17.4. The molecule has 1 fully saturated rings. The minimum absolute atomic E-state index is 0.143. The summed E-state index contributed by atoms with van der Waals surface area (Å²) in [6.07, 6.45) is 18.4. The van der Waals surface area contributed by atoms with E-state index >= 15 is 0 Å². The Morgan fingerprint density at radius 1 is 1.14 bits per heavy atom. The number of H-pyrrole nitrogens is 1. The third-order valence-corrected chi connectivity index (χ3v) is 7.68. The van der Waals surface area contributed by atoms with Crippen molar-refractivity contribution in [1.29, 1.82) is 0 Å². The van der Waals surface area contributed by atoms with Gasteiger partial charge in [-0.05, 0) is 99.1 Å². The van der Waals surface area contributed by atoms with E-state index < -0.39 is 0 Å². The first-order valence-electron chi connectivity index (χ1n) is 11.5. The zero-order valence-electron chi connectivity index (χ0n) is 17.4. The van der Waals surface area contributed by atoms with Crippen LogP contribution in [0.25, 0.3) is 0 Å². The lowest BCUT2D eigenvalue weighted by Gasteiger charge is -2.46. The van der Waals surface area contributed by atoms with Crippen molar-refractivity contribution in [2.45, 2.75) is 64.2 Å². The number of hydrogen-bond donors (Lipinski definition) is 2. The maximum atomic E-state index is 12.6. The number of rotatable bonds is 3. The van der Waals surface area contributed by atoms with Gasteiger partial charge >= 0.3 is 0 Å². The van der Waals surface area contributed by atoms with Gasteiger partial charge < -0.3 is 15.6 Å². The number of nitrogens with one attached hydrogen (secondary N) is 1. The lowest BCUT2D eigenvalue weighted by Crippen LogP contribution is -2.43. The van der Waals surface area contributed by atoms with E-state index in [-0.39, 0.29) is 11.0 Å². The Morgan fingerprint density at radius 2 is 1.97 bits per heavy atom. The molecule has 0 amide bonds. The molecule has 0 atom stereocenters. The first kappa shape index (κ1) is 18.9. The van der Waals surface area contributed by atoms with Gasteiger partial charge in [0.05, 0.1) is 0 Å². The molecule has 1 aromatic rings. The van der Waals surface area contributed by atoms with Crippen molar-refractivity contribution < 1.29 is 0 Å². The van der Waals surface area contributed by atoms with Crippen molar-refractivity contribution in [3.05, 3.63) is 62.5 Å². The lowest BCUT2D eigenvalue weighted by molar-refractivity contribution is 0.273. The highest BCUT2D eigenvalue weighted by atomic mass is 16.1. The van der Waals surface area contributed by atoms with Crippen LogP contribution in [0, 0.1) is 5.41 Å². The van der Waals surface area contributed by atoms with Crippen LogP contribution < -0.4 is 16.2 Å². The summed E-state index contributed by atoms with van der Waals surface area (Å²) in [4.78, 5) is 18.2. The molecule has 0 bridgehead atoms. The van der Waals surface area contributed by atoms with Crippen LogP contribution in [0.1, 0.15) is 62.5 Å². The van der Waals surface area contributed by atoms with Crippen LogP contribution in [-0.2, 0) is 12.8 Å². The number of aryl methyl sites for hydroxylation is 1. The Balaban J connectivity index is 1.38. The maximum Gasteiger partial charge on any atom is 0.252 e. The molecule has 2 heterocycles. The minimum atomic E-state index is 0.143. The van der Waals surface area contributed by atoms with E-state index in [2.05, 4.69) is 34.2 Å². The maximum absolute atomic E-state index is 12.6. The topological polar surface area (TPSA) is 62.1 Å². The number of piperidine rings is 1. The summed E-state index contributed by atoms with van der Waals surface area (Å²) in [5.74, 6) is 1.04. The summed E-state index contributed by atoms with van der Waals surface area (Å²) in [5.41, 5.74) is 13.3. The molecule has 29 heavy (non-hydrogen) atoms. The Bertz CT molecular complexity index is 941. The van der Waals surface area contributed by atoms with Gasteiger partial charge in [0.2, 0.25) is 0 Å². The number of hydrogen-bond acceptors (Lipinski definition) is 3. The van der Waals surface area contributed by atoms with Gasteiger partial charge in [0, 0.05) is 24.1 Å². The van der Waals surface area contributed by atoms with Crippen molar-refractivity contribution in [3.8, 4) is 0 Å². The van der Waals surface area contributed by atoms with Gasteiger partial charge in [-0.3, -0.25) is 4.79 Å². The Kier molecular flexibility index (Phi) is 4.99. The van der Waals surface area contributed by atoms with Crippen LogP contribution in [0.3, 0.4) is 0 Å². The molecule has 4 heteroatoms. The number of pyridine rings is 1. The van der Waals surface area contributed by atoms with Crippen LogP contribution in [0.15, 0.2) is 45.8 Å². The third kappa shape index (κ3) is 3.31. The fourth-order valence-electron chi connectivity index (χ4n) is 6.01. The predicted octanol–water partition coefficient (Wildman–Crippen LogP) is 4.17. The molecule has 1 aliphatic heterocycles. The van der Waals surface area contributed by atoms with Gasteiger partial charge in [0.25, 0.3) is 5.56 Å². The monoisotopic (exact) mass is 391 g/mol. The highest BCUT2D eigenvalue weighted by molar-refractivity contribution is 5.51. The second-order valence-electron chi connectivity index (χ2n) is 9.27. The van der Waals surface area contributed by atoms with E-state index in [0.717, 1.165) is 82.4 Å². The van der Waals surface area contributed by atoms with Crippen molar-refractivity contribution in [1.82, 2.24) is 4.98 Å². The Labute approximate surface area is 173 Å². The number of allylic oxidation sites excluding steroid dienone is 5. The number of nitrogens with two attached hydrogens (primary N) is 1. The summed E-state index contributed by atoms with van der Waals surface area (Å²) in [5, 5.41) is 0. The minimum Gasteiger partial charge on any atom is -0.358 e. The van der Waals surface area contributed by atoms with Crippen LogP contribution in [0.4, 0.5) is 5.82 Å². The highest BCUT2D eigenvalue weighted by Gasteiger charge is 2.40. The average Bonchev–Trinajstić information content (AvgIpc) is 2.77. The zero-order chi connectivity index (χ0) is 19.8. The second kappa shape index (κ2) is 7.64. The first-order valence-corrected chi connectivity index (χ1v) is 11.5. The van der Waals surface area contributed by atoms with E-state index in [4.69, 9.17) is 5.73 Å². The van der Waals surface area contributed by atoms with Gasteiger partial charge in [-0.2, -0.15) is 0 Å². The summed E-state index contributed by atoms with van der Waals surface area (Å²) in [6.45, 7) is 2.76. The quantitative estimate of drug-likeness (QED) is 0.813. The number of fused-ring (bicyclic) bond motifs is 2. The molecule has 4 nitrogen and oxygen atoms in total. The highest BCUT2D eigenvalue weighted by Crippen LogP contribution is 2.51. The normalized spacial score (nSPS) is 23.1. The molecule has 5 rings (SSSR count). The third-order valence-electron chi connectivity index (χ3n) is 7.68. The Morgan fingerprint density at radius 3 is 2.79 bits per heavy atom. The molecule has 3 aliphatic carbocycles. The molecule has 1 aromatic heterocycles. The molecule has 4 aliphatic rings. The van der Waals surface area contributed by atoms with E-state index in [9.17, 15) is 4.79 Å². The van der Waals surface area contributed by atoms with E-state index in [1.165, 1.54) is 24.0 Å². The molecule has 3 N–H and O–H groups in total. The molecule has 0 aromatic carbocycles. The number of aromatic amines is 1. The molecule has 0 unspecified atom stereocenters. The average molecular weight is 392 g/mol. The van der Waals surface area contributed by atoms with Crippen LogP contribution in [0.2, 0.25) is 0 Å². The fraction of sp³-hybridized carbons (Fsp3) is 0.560. The molecule has 1 spiro atoms.